The van der Waals surface area contributed by atoms with E-state index in [0.29, 0.717) is 11.6 Å². The number of nitrogen functional groups attached to an aromatic ring is 1. The van der Waals surface area contributed by atoms with Crippen molar-refractivity contribution in [3.8, 4) is 17.1 Å². The molecule has 2 N–H and O–H groups in total. The van der Waals surface area contributed by atoms with Crippen molar-refractivity contribution < 1.29 is 4.74 Å². The highest BCUT2D eigenvalue weighted by Gasteiger charge is 2.09. The van der Waals surface area contributed by atoms with E-state index in [9.17, 15) is 0 Å². The Labute approximate surface area is 114 Å². The van der Waals surface area contributed by atoms with Crippen molar-refractivity contribution in [2.24, 2.45) is 0 Å². The van der Waals surface area contributed by atoms with Gasteiger partial charge >= 0.3 is 0 Å². The molecule has 0 aliphatic carbocycles. The summed E-state index contributed by atoms with van der Waals surface area (Å²) in [6, 6.07) is 5.70. The van der Waals surface area contributed by atoms with E-state index in [1.165, 1.54) is 0 Å². The van der Waals surface area contributed by atoms with Gasteiger partial charge in [0, 0.05) is 16.8 Å². The summed E-state index contributed by atoms with van der Waals surface area (Å²) in [7, 11) is 1.63. The van der Waals surface area contributed by atoms with Crippen LogP contribution in [0.3, 0.4) is 0 Å². The van der Waals surface area contributed by atoms with E-state index in [0.717, 1.165) is 27.0 Å². The number of aryl methyl sites for hydroxylation is 1. The van der Waals surface area contributed by atoms with Crippen molar-refractivity contribution in [3.05, 3.63) is 33.9 Å². The Kier molecular flexibility index (Phi) is 3.52. The van der Waals surface area contributed by atoms with Gasteiger partial charge in [0.2, 0.25) is 0 Å². The molecule has 0 aliphatic rings. The number of aromatic nitrogens is 2. The molecule has 4 nitrogen and oxygen atoms in total. The minimum absolute atomic E-state index is 0.518. The molecule has 0 radical (unpaired) electrons. The first kappa shape index (κ1) is 12.8. The normalized spacial score (nSPS) is 10.4. The first-order valence-corrected chi connectivity index (χ1v) is 6.27. The highest BCUT2D eigenvalue weighted by molar-refractivity contribution is 9.10. The molecule has 0 aliphatic heterocycles. The van der Waals surface area contributed by atoms with Crippen LogP contribution < -0.4 is 10.5 Å². The molecule has 2 rings (SSSR count). The second-order valence-electron chi connectivity index (χ2n) is 3.99. The Morgan fingerprint density at radius 3 is 2.50 bits per heavy atom. The summed E-state index contributed by atoms with van der Waals surface area (Å²) < 4.78 is 6.05. The van der Waals surface area contributed by atoms with E-state index in [4.69, 9.17) is 10.5 Å². The number of methoxy groups -OCH3 is 1. The van der Waals surface area contributed by atoms with Gasteiger partial charge in [0.05, 0.1) is 11.6 Å². The van der Waals surface area contributed by atoms with Gasteiger partial charge in [-0.2, -0.15) is 0 Å². The number of hydrogen-bond donors (Lipinski definition) is 1. The van der Waals surface area contributed by atoms with E-state index in [2.05, 4.69) is 25.9 Å². The molecule has 18 heavy (non-hydrogen) atoms. The number of anilines is 1. The summed E-state index contributed by atoms with van der Waals surface area (Å²) in [5.74, 6) is 1.92. The predicted octanol–water partition coefficient (Wildman–Crippen LogP) is 3.11. The number of ether oxygens (including phenoxy) is 1. The number of halogens is 1. The predicted molar refractivity (Wildman–Crippen MR) is 75.6 cm³/mol. The van der Waals surface area contributed by atoms with Crippen LogP contribution >= 0.6 is 15.9 Å². The van der Waals surface area contributed by atoms with Gasteiger partial charge in [-0.15, -0.1) is 0 Å². The number of rotatable bonds is 2. The zero-order chi connectivity index (χ0) is 13.3. The third kappa shape index (κ3) is 2.31. The van der Waals surface area contributed by atoms with Gasteiger partial charge in [-0.1, -0.05) is 0 Å². The Morgan fingerprint density at radius 1 is 1.22 bits per heavy atom. The average Bonchev–Trinajstić information content (AvgIpc) is 2.35. The summed E-state index contributed by atoms with van der Waals surface area (Å²) in [4.78, 5) is 8.75. The molecule has 0 unspecified atom stereocenters. The average molecular weight is 308 g/mol. The third-order valence-electron chi connectivity index (χ3n) is 2.84. The fourth-order valence-corrected chi connectivity index (χ4v) is 2.13. The van der Waals surface area contributed by atoms with Gasteiger partial charge in [0.25, 0.3) is 0 Å². The number of hydrogen-bond acceptors (Lipinski definition) is 4. The molecule has 0 atom stereocenters. The fraction of sp³-hybridized carbons (Fsp3) is 0.231. The lowest BCUT2D eigenvalue weighted by atomic mass is 10.2. The Hall–Kier alpha value is -1.62. The van der Waals surface area contributed by atoms with E-state index >= 15 is 0 Å². The maximum Gasteiger partial charge on any atom is 0.161 e. The maximum absolute atomic E-state index is 5.87. The van der Waals surface area contributed by atoms with Crippen LogP contribution in [0.25, 0.3) is 11.4 Å². The van der Waals surface area contributed by atoms with E-state index in [1.807, 2.05) is 32.0 Å². The Bertz CT molecular complexity index is 576. The lowest BCUT2D eigenvalue weighted by Crippen LogP contribution is -2.02. The fourth-order valence-electron chi connectivity index (χ4n) is 1.59. The molecular weight excluding hydrogens is 294 g/mol. The molecule has 5 heteroatoms. The van der Waals surface area contributed by atoms with E-state index in [1.54, 1.807) is 7.11 Å². The Balaban J connectivity index is 2.52. The second-order valence-corrected chi connectivity index (χ2v) is 4.85. The maximum atomic E-state index is 5.87. The summed E-state index contributed by atoms with van der Waals surface area (Å²) in [5.41, 5.74) is 8.58. The van der Waals surface area contributed by atoms with Crippen LogP contribution in [0.1, 0.15) is 11.3 Å². The molecule has 94 valence electrons. The van der Waals surface area contributed by atoms with Gasteiger partial charge in [-0.25, -0.2) is 9.97 Å². The first-order valence-electron chi connectivity index (χ1n) is 5.47. The van der Waals surface area contributed by atoms with Crippen LogP contribution in [-0.4, -0.2) is 17.1 Å². The molecule has 1 aromatic heterocycles. The van der Waals surface area contributed by atoms with Gasteiger partial charge in [0.15, 0.2) is 5.82 Å². The van der Waals surface area contributed by atoms with Crippen molar-refractivity contribution in [1.82, 2.24) is 9.97 Å². The highest BCUT2D eigenvalue weighted by atomic mass is 79.9. The highest BCUT2D eigenvalue weighted by Crippen LogP contribution is 2.29. The molecule has 0 bridgehead atoms. The molecular formula is C13H14BrN3O. The van der Waals surface area contributed by atoms with Gasteiger partial charge in [0.1, 0.15) is 11.6 Å². The van der Waals surface area contributed by atoms with E-state index in [-0.39, 0.29) is 0 Å². The molecule has 0 spiro atoms. The van der Waals surface area contributed by atoms with Crippen LogP contribution in [0.2, 0.25) is 0 Å². The second kappa shape index (κ2) is 4.94. The van der Waals surface area contributed by atoms with Crippen LogP contribution in [0.15, 0.2) is 22.7 Å². The first-order chi connectivity index (χ1) is 8.52. The SMILES string of the molecule is COc1ccc(-c2nc(C)c(C)c(N)n2)cc1Br. The molecule has 0 fully saturated rings. The van der Waals surface area contributed by atoms with Crippen molar-refractivity contribution in [1.29, 1.82) is 0 Å². The number of nitrogens with two attached hydrogens (primary N) is 1. The quantitative estimate of drug-likeness (QED) is 0.926. The lowest BCUT2D eigenvalue weighted by molar-refractivity contribution is 0.412. The van der Waals surface area contributed by atoms with Crippen molar-refractivity contribution >= 4 is 21.7 Å². The van der Waals surface area contributed by atoms with Gasteiger partial charge < -0.3 is 10.5 Å². The topological polar surface area (TPSA) is 61.0 Å². The largest absolute Gasteiger partial charge is 0.496 e. The van der Waals surface area contributed by atoms with Gasteiger partial charge in [-0.05, 0) is 48.0 Å². The Morgan fingerprint density at radius 2 is 1.94 bits per heavy atom. The molecule has 1 aromatic carbocycles. The summed E-state index contributed by atoms with van der Waals surface area (Å²) in [5, 5.41) is 0. The summed E-state index contributed by atoms with van der Waals surface area (Å²) in [6.45, 7) is 3.84. The zero-order valence-electron chi connectivity index (χ0n) is 10.5. The van der Waals surface area contributed by atoms with Crippen LogP contribution in [-0.2, 0) is 0 Å². The van der Waals surface area contributed by atoms with Crippen molar-refractivity contribution in [3.63, 3.8) is 0 Å². The summed E-state index contributed by atoms with van der Waals surface area (Å²) >= 11 is 3.44. The monoisotopic (exact) mass is 307 g/mol. The lowest BCUT2D eigenvalue weighted by Gasteiger charge is -2.08. The van der Waals surface area contributed by atoms with Crippen LogP contribution in [0, 0.1) is 13.8 Å². The van der Waals surface area contributed by atoms with Crippen LogP contribution in [0.5, 0.6) is 5.75 Å². The summed E-state index contributed by atoms with van der Waals surface area (Å²) in [6.07, 6.45) is 0. The molecule has 0 saturated heterocycles. The molecule has 0 saturated carbocycles. The smallest absolute Gasteiger partial charge is 0.161 e. The molecule has 2 aromatic rings. The molecule has 1 heterocycles. The minimum atomic E-state index is 0.518. The molecule has 0 amide bonds. The third-order valence-corrected chi connectivity index (χ3v) is 3.46. The van der Waals surface area contributed by atoms with Crippen molar-refractivity contribution in [2.75, 3.05) is 12.8 Å². The standard InChI is InChI=1S/C13H14BrN3O/c1-7-8(2)16-13(17-12(7)15)9-4-5-11(18-3)10(14)6-9/h4-6H,1-3H3,(H2,15,16,17). The van der Waals surface area contributed by atoms with Crippen molar-refractivity contribution in [2.45, 2.75) is 13.8 Å². The number of benzene rings is 1. The van der Waals surface area contributed by atoms with Gasteiger partial charge in [-0.3, -0.25) is 0 Å². The van der Waals surface area contributed by atoms with E-state index < -0.39 is 0 Å². The number of nitrogens with zero attached hydrogens (tertiary/aromatic N) is 2. The zero-order valence-corrected chi connectivity index (χ0v) is 12.1. The van der Waals surface area contributed by atoms with Crippen LogP contribution in [0.4, 0.5) is 5.82 Å². The minimum Gasteiger partial charge on any atom is -0.496 e.